The fourth-order valence-corrected chi connectivity index (χ4v) is 15.6. The van der Waals surface area contributed by atoms with Crippen LogP contribution in [0.25, 0.3) is 89.0 Å². The summed E-state index contributed by atoms with van der Waals surface area (Å²) < 4.78 is 34.4. The molecule has 2 saturated heterocycles. The highest BCUT2D eigenvalue weighted by Crippen LogP contribution is 2.66. The van der Waals surface area contributed by atoms with Gasteiger partial charge in [-0.3, -0.25) is 0 Å². The Balaban J connectivity index is 1.15. The van der Waals surface area contributed by atoms with E-state index in [4.69, 9.17) is 18.5 Å². The van der Waals surface area contributed by atoms with Crippen LogP contribution < -0.4 is 5.30 Å². The monoisotopic (exact) mass is 1210 g/mol. The van der Waals surface area contributed by atoms with Crippen LogP contribution in [0.3, 0.4) is 0 Å². The summed E-state index contributed by atoms with van der Waals surface area (Å²) in [6.45, 7) is 4.38. The smallest absolute Gasteiger partial charge is 0.207 e. The lowest BCUT2D eigenvalue weighted by Gasteiger charge is -2.42. The molecule has 5 heteroatoms. The summed E-state index contributed by atoms with van der Waals surface area (Å²) in [5.41, 5.74) is 17.4. The molecular formula is C87H69O4P. The molecule has 0 aliphatic carbocycles. The van der Waals surface area contributed by atoms with Crippen LogP contribution in [-0.4, -0.2) is 18.0 Å². The minimum absolute atomic E-state index is 0.535. The van der Waals surface area contributed by atoms with Gasteiger partial charge in [0, 0.05) is 5.30 Å². The second-order valence-electron chi connectivity index (χ2n) is 24.1. The Morgan fingerprint density at radius 3 is 0.609 bits per heavy atom. The Morgan fingerprint density at radius 2 is 0.424 bits per heavy atom. The molecule has 13 aromatic carbocycles. The molecule has 0 saturated carbocycles. The van der Waals surface area contributed by atoms with Crippen molar-refractivity contribution >= 4 is 13.7 Å². The number of benzene rings is 13. The largest absolute Gasteiger partial charge is 0.340 e. The van der Waals surface area contributed by atoms with Gasteiger partial charge in [0.05, 0.1) is 0 Å². The molecule has 0 bridgehead atoms. The van der Waals surface area contributed by atoms with Crippen LogP contribution in [0.5, 0.6) is 0 Å². The van der Waals surface area contributed by atoms with Crippen LogP contribution in [0, 0.1) is 0 Å². The van der Waals surface area contributed by atoms with Crippen molar-refractivity contribution in [2.24, 2.45) is 0 Å². The molecule has 2 fully saturated rings. The van der Waals surface area contributed by atoms with Crippen molar-refractivity contribution in [2.45, 2.75) is 55.9 Å². The molecule has 2 heterocycles. The topological polar surface area (TPSA) is 36.9 Å². The second kappa shape index (κ2) is 25.4. The Hall–Kier alpha value is -9.87. The van der Waals surface area contributed by atoms with Crippen LogP contribution in [0.4, 0.5) is 0 Å². The van der Waals surface area contributed by atoms with Crippen molar-refractivity contribution in [1.29, 1.82) is 0 Å². The zero-order chi connectivity index (χ0) is 61.9. The van der Waals surface area contributed by atoms with Gasteiger partial charge in [-0.2, -0.15) is 0 Å². The highest BCUT2D eigenvalue weighted by molar-refractivity contribution is 7.56. The molecule has 0 radical (unpaired) electrons. The van der Waals surface area contributed by atoms with E-state index in [1.165, 1.54) is 0 Å². The first-order chi connectivity index (χ1) is 45.4. The lowest BCUT2D eigenvalue weighted by molar-refractivity contribution is -0.201. The Kier molecular flexibility index (Phi) is 16.2. The molecule has 13 aromatic rings. The predicted octanol–water partition coefficient (Wildman–Crippen LogP) is 22.2. The summed E-state index contributed by atoms with van der Waals surface area (Å²) in [5, 5.41) is 0.892. The van der Waals surface area contributed by atoms with Crippen molar-refractivity contribution in [3.63, 3.8) is 0 Å². The van der Waals surface area contributed by atoms with E-state index >= 15 is 0 Å². The van der Waals surface area contributed by atoms with Crippen molar-refractivity contribution < 1.29 is 18.5 Å². The molecule has 4 nitrogen and oxygen atoms in total. The highest BCUT2D eigenvalue weighted by Gasteiger charge is 2.68. The van der Waals surface area contributed by atoms with Crippen LogP contribution in [-0.2, 0) is 29.7 Å². The molecule has 2 aliphatic rings. The van der Waals surface area contributed by atoms with Gasteiger partial charge in [-0.25, -0.2) is 0 Å². The highest BCUT2D eigenvalue weighted by atomic mass is 31.2. The molecule has 0 spiro atoms. The summed E-state index contributed by atoms with van der Waals surface area (Å²) in [6.07, 6.45) is -0.811. The van der Waals surface area contributed by atoms with E-state index in [0.29, 0.717) is 12.8 Å². The van der Waals surface area contributed by atoms with Gasteiger partial charge in [0.25, 0.3) is 0 Å². The number of hydrogen-bond acceptors (Lipinski definition) is 4. The van der Waals surface area contributed by atoms with Gasteiger partial charge >= 0.3 is 0 Å². The van der Waals surface area contributed by atoms with Crippen LogP contribution >= 0.6 is 8.38 Å². The summed E-state index contributed by atoms with van der Waals surface area (Å²) in [7, 11) is -2.20. The second-order valence-corrected chi connectivity index (χ2v) is 25.5. The van der Waals surface area contributed by atoms with E-state index in [-0.39, 0.29) is 0 Å². The summed E-state index contributed by atoms with van der Waals surface area (Å²) >= 11 is 0. The Bertz CT molecular complexity index is 3880. The molecular weight excluding hydrogens is 1140 g/mol. The van der Waals surface area contributed by atoms with Gasteiger partial charge in [-0.1, -0.05) is 275 Å². The fraction of sp³-hybridized carbons (Fsp3) is 0.103. The standard InChI is InChI=1S/C87H69O4P/c1-3-85(4-2)88-83-84(89-85)87(80-58-74(66-40-22-9-23-41-66)52-75(59-80)67-42-24-10-25-43-67,81-60-76(68-44-26-11-27-45-68)53-77(61-81)69-46-28-12-29-47-69)91-92(82-48-30-13-31-49-82)90-86(83,78-54-70(62-32-14-5-15-33-62)50-71(55-78)63-34-16-6-17-35-63)79-56-72(64-36-18-7-19-37-64)51-73(57-79)65-38-20-8-21-39-65/h5-61,83-84H,3-4H2,1-2H3/t83-,84-/m1/s1. The van der Waals surface area contributed by atoms with Crippen LogP contribution in [0.1, 0.15) is 48.9 Å². The van der Waals surface area contributed by atoms with Crippen molar-refractivity contribution in [3.05, 3.63) is 368 Å². The summed E-state index contributed by atoms with van der Waals surface area (Å²) in [5.74, 6) is -1.14. The molecule has 2 atom stereocenters. The molecule has 0 aromatic heterocycles. The van der Waals surface area contributed by atoms with Crippen molar-refractivity contribution in [1.82, 2.24) is 0 Å². The van der Waals surface area contributed by atoms with Gasteiger partial charge in [0.1, 0.15) is 12.2 Å². The normalized spacial score (nSPS) is 16.5. The number of fused-ring (bicyclic) bond motifs is 1. The lowest BCUT2D eigenvalue weighted by Crippen LogP contribution is -2.53. The van der Waals surface area contributed by atoms with Gasteiger partial charge in [-0.05, 0) is 209 Å². The number of ether oxygens (including phenoxy) is 2. The molecule has 446 valence electrons. The first kappa shape index (κ1) is 58.5. The maximum Gasteiger partial charge on any atom is 0.207 e. The quantitative estimate of drug-likeness (QED) is 0.0959. The molecule has 0 N–H and O–H groups in total. The van der Waals surface area contributed by atoms with Gasteiger partial charge < -0.3 is 18.5 Å². The van der Waals surface area contributed by atoms with E-state index < -0.39 is 37.6 Å². The number of hydrogen-bond donors (Lipinski definition) is 0. The zero-order valence-electron chi connectivity index (χ0n) is 51.6. The fourth-order valence-electron chi connectivity index (χ4n) is 13.8. The van der Waals surface area contributed by atoms with E-state index in [0.717, 1.165) is 117 Å². The van der Waals surface area contributed by atoms with Crippen molar-refractivity contribution in [2.75, 3.05) is 0 Å². The zero-order valence-corrected chi connectivity index (χ0v) is 52.5. The third-order valence-corrected chi connectivity index (χ3v) is 20.2. The maximum absolute atomic E-state index is 8.81. The van der Waals surface area contributed by atoms with Gasteiger partial charge in [0.2, 0.25) is 8.38 Å². The van der Waals surface area contributed by atoms with Gasteiger partial charge in [0.15, 0.2) is 17.0 Å². The first-order valence-electron chi connectivity index (χ1n) is 32.0. The Labute approximate surface area is 542 Å². The third kappa shape index (κ3) is 11.1. The maximum atomic E-state index is 8.81. The van der Waals surface area contributed by atoms with Crippen LogP contribution in [0.15, 0.2) is 346 Å². The molecule has 92 heavy (non-hydrogen) atoms. The minimum atomic E-state index is -2.20. The van der Waals surface area contributed by atoms with E-state index in [2.05, 4.69) is 360 Å². The predicted molar refractivity (Wildman–Crippen MR) is 379 cm³/mol. The average molecular weight is 1210 g/mol. The Morgan fingerprint density at radius 1 is 0.239 bits per heavy atom. The average Bonchev–Trinajstić information content (AvgIpc) is 1.49. The SMILES string of the molecule is CCC1(CC)O[C@@H]2[C@@H](O1)C(c1cc(-c3ccccc3)cc(-c3ccccc3)c1)(c1cc(-c3ccccc3)cc(-c3ccccc3)c1)OP(c1ccccc1)OC2(c1cc(-c2ccccc2)cc(-c2ccccc2)c1)c1cc(-c2ccccc2)cc(-c2ccccc2)c1. The minimum Gasteiger partial charge on any atom is -0.340 e. The number of rotatable bonds is 15. The van der Waals surface area contributed by atoms with Crippen LogP contribution in [0.2, 0.25) is 0 Å². The van der Waals surface area contributed by atoms with E-state index in [1.54, 1.807) is 0 Å². The molecule has 0 unspecified atom stereocenters. The lowest BCUT2D eigenvalue weighted by atomic mass is 9.70. The molecule has 0 amide bonds. The van der Waals surface area contributed by atoms with E-state index in [9.17, 15) is 0 Å². The van der Waals surface area contributed by atoms with E-state index in [1.807, 2.05) is 0 Å². The first-order valence-corrected chi connectivity index (χ1v) is 33.2. The van der Waals surface area contributed by atoms with Crippen molar-refractivity contribution in [3.8, 4) is 89.0 Å². The third-order valence-electron chi connectivity index (χ3n) is 18.6. The summed E-state index contributed by atoms with van der Waals surface area (Å²) in [6, 6.07) is 125. The molecule has 15 rings (SSSR count). The summed E-state index contributed by atoms with van der Waals surface area (Å²) in [4.78, 5) is 0. The molecule has 2 aliphatic heterocycles. The van der Waals surface area contributed by atoms with Gasteiger partial charge in [-0.15, -0.1) is 0 Å².